The molecule has 0 saturated heterocycles. The number of rotatable bonds is 3. The topological polar surface area (TPSA) is 53.1 Å². The fourth-order valence-corrected chi connectivity index (χ4v) is 1.78. The van der Waals surface area contributed by atoms with Crippen LogP contribution in [0.3, 0.4) is 0 Å². The van der Waals surface area contributed by atoms with Crippen molar-refractivity contribution in [2.24, 2.45) is 7.05 Å². The number of aryl methyl sites for hydroxylation is 1. The predicted octanol–water partition coefficient (Wildman–Crippen LogP) is 2.62. The van der Waals surface area contributed by atoms with E-state index in [2.05, 4.69) is 5.10 Å². The van der Waals surface area contributed by atoms with E-state index in [0.29, 0.717) is 17.1 Å². The molecule has 1 heterocycles. The minimum atomic E-state index is -2.64. The minimum absolute atomic E-state index is 0.145. The Morgan fingerprint density at radius 3 is 2.61 bits per heavy atom. The Kier molecular flexibility index (Phi) is 3.18. The number of hydrogen-bond donors (Lipinski definition) is 1. The summed E-state index contributed by atoms with van der Waals surface area (Å²) in [5.74, 6) is 0.555. The Hall–Kier alpha value is -2.11. The Labute approximate surface area is 103 Å². The van der Waals surface area contributed by atoms with E-state index in [-0.39, 0.29) is 11.3 Å². The predicted molar refractivity (Wildman–Crippen MR) is 64.6 cm³/mol. The monoisotopic (exact) mass is 253 g/mol. The van der Waals surface area contributed by atoms with Crippen LogP contribution in [0.5, 0.6) is 5.75 Å². The second-order valence-corrected chi connectivity index (χ2v) is 3.80. The van der Waals surface area contributed by atoms with Gasteiger partial charge in [0, 0.05) is 18.7 Å². The van der Waals surface area contributed by atoms with Gasteiger partial charge in [0.1, 0.15) is 11.6 Å². The lowest BCUT2D eigenvalue weighted by Gasteiger charge is -2.11. The Morgan fingerprint density at radius 2 is 2.11 bits per heavy atom. The first kappa shape index (κ1) is 12.3. The first-order valence-corrected chi connectivity index (χ1v) is 5.29. The van der Waals surface area contributed by atoms with Crippen LogP contribution in [0.2, 0.25) is 0 Å². The molecule has 0 saturated carbocycles. The number of anilines is 1. The third kappa shape index (κ3) is 2.01. The number of alkyl halides is 2. The van der Waals surface area contributed by atoms with Crippen molar-refractivity contribution >= 4 is 5.82 Å². The molecule has 4 nitrogen and oxygen atoms in total. The molecule has 1 aromatic carbocycles. The zero-order chi connectivity index (χ0) is 13.3. The summed E-state index contributed by atoms with van der Waals surface area (Å²) in [6.45, 7) is 0. The van der Waals surface area contributed by atoms with Crippen molar-refractivity contribution in [2.45, 2.75) is 6.43 Å². The number of halogens is 2. The van der Waals surface area contributed by atoms with Gasteiger partial charge in [-0.15, -0.1) is 0 Å². The molecule has 0 aliphatic rings. The lowest BCUT2D eigenvalue weighted by Crippen LogP contribution is -1.98. The molecule has 0 bridgehead atoms. The summed E-state index contributed by atoms with van der Waals surface area (Å²) in [4.78, 5) is 0. The van der Waals surface area contributed by atoms with Gasteiger partial charge in [-0.2, -0.15) is 5.10 Å². The van der Waals surface area contributed by atoms with E-state index in [1.54, 1.807) is 25.2 Å². The normalized spacial score (nSPS) is 10.9. The van der Waals surface area contributed by atoms with Crippen LogP contribution in [-0.4, -0.2) is 16.9 Å². The van der Waals surface area contributed by atoms with Gasteiger partial charge in [0.2, 0.25) is 0 Å². The number of nitrogens with two attached hydrogens (primary N) is 1. The van der Waals surface area contributed by atoms with Gasteiger partial charge >= 0.3 is 0 Å². The molecule has 6 heteroatoms. The Balaban J connectivity index is 2.63. The summed E-state index contributed by atoms with van der Waals surface area (Å²) >= 11 is 0. The number of hydrogen-bond acceptors (Lipinski definition) is 3. The molecule has 0 spiro atoms. The van der Waals surface area contributed by atoms with Crippen LogP contribution in [-0.2, 0) is 7.05 Å². The zero-order valence-electron chi connectivity index (χ0n) is 10.0. The minimum Gasteiger partial charge on any atom is -0.496 e. The number of ether oxygens (including phenoxy) is 1. The molecule has 96 valence electrons. The molecular formula is C12H13F2N3O. The van der Waals surface area contributed by atoms with Gasteiger partial charge in [-0.1, -0.05) is 12.1 Å². The summed E-state index contributed by atoms with van der Waals surface area (Å²) in [6, 6.07) is 6.27. The maximum Gasteiger partial charge on any atom is 0.268 e. The van der Waals surface area contributed by atoms with Crippen molar-refractivity contribution in [1.82, 2.24) is 9.78 Å². The van der Waals surface area contributed by atoms with Gasteiger partial charge in [-0.05, 0) is 6.07 Å². The Morgan fingerprint density at radius 1 is 1.39 bits per heavy atom. The molecule has 0 fully saturated rings. The van der Waals surface area contributed by atoms with Crippen LogP contribution in [0.1, 0.15) is 12.0 Å². The fourth-order valence-electron chi connectivity index (χ4n) is 1.78. The molecule has 2 aromatic rings. The molecule has 0 atom stereocenters. The van der Waals surface area contributed by atoms with E-state index in [0.717, 1.165) is 0 Å². The summed E-state index contributed by atoms with van der Waals surface area (Å²) in [6.07, 6.45) is -2.64. The van der Waals surface area contributed by atoms with E-state index < -0.39 is 6.43 Å². The molecule has 0 aliphatic heterocycles. The molecule has 0 radical (unpaired) electrons. The van der Waals surface area contributed by atoms with Crippen LogP contribution in [0.15, 0.2) is 24.3 Å². The third-order valence-electron chi connectivity index (χ3n) is 2.70. The number of nitrogens with zero attached hydrogens (tertiary/aromatic N) is 2. The second kappa shape index (κ2) is 4.64. The van der Waals surface area contributed by atoms with Crippen LogP contribution >= 0.6 is 0 Å². The number of nitrogen functional groups attached to an aromatic ring is 1. The van der Waals surface area contributed by atoms with Crippen molar-refractivity contribution in [2.75, 3.05) is 12.8 Å². The van der Waals surface area contributed by atoms with E-state index in [9.17, 15) is 8.78 Å². The molecule has 0 aliphatic carbocycles. The average Bonchev–Trinajstić information content (AvgIpc) is 2.68. The van der Waals surface area contributed by atoms with Crippen molar-refractivity contribution in [1.29, 1.82) is 0 Å². The SMILES string of the molecule is COc1cccc(-c2cc(N)n(C)n2)c1C(F)F. The third-order valence-corrected chi connectivity index (χ3v) is 2.70. The first-order chi connectivity index (χ1) is 8.54. The average molecular weight is 253 g/mol. The van der Waals surface area contributed by atoms with Crippen molar-refractivity contribution in [3.63, 3.8) is 0 Å². The Bertz CT molecular complexity index is 547. The van der Waals surface area contributed by atoms with Crippen molar-refractivity contribution in [3.05, 3.63) is 29.8 Å². The number of methoxy groups -OCH3 is 1. The largest absolute Gasteiger partial charge is 0.496 e. The van der Waals surface area contributed by atoms with Crippen LogP contribution < -0.4 is 10.5 Å². The second-order valence-electron chi connectivity index (χ2n) is 3.80. The molecule has 18 heavy (non-hydrogen) atoms. The molecule has 0 amide bonds. The molecule has 1 aromatic heterocycles. The van der Waals surface area contributed by atoms with Gasteiger partial charge < -0.3 is 10.5 Å². The van der Waals surface area contributed by atoms with Gasteiger partial charge in [0.25, 0.3) is 6.43 Å². The van der Waals surface area contributed by atoms with Gasteiger partial charge in [-0.25, -0.2) is 8.78 Å². The van der Waals surface area contributed by atoms with E-state index >= 15 is 0 Å². The summed E-state index contributed by atoms with van der Waals surface area (Å²) in [7, 11) is 3.01. The summed E-state index contributed by atoms with van der Waals surface area (Å²) in [5.41, 5.74) is 6.22. The lowest BCUT2D eigenvalue weighted by atomic mass is 10.0. The number of benzene rings is 1. The van der Waals surface area contributed by atoms with Gasteiger partial charge in [-0.3, -0.25) is 4.68 Å². The number of aromatic nitrogens is 2. The van der Waals surface area contributed by atoms with Crippen LogP contribution in [0, 0.1) is 0 Å². The van der Waals surface area contributed by atoms with E-state index in [1.807, 2.05) is 0 Å². The highest BCUT2D eigenvalue weighted by molar-refractivity contribution is 5.69. The van der Waals surface area contributed by atoms with Crippen LogP contribution in [0.25, 0.3) is 11.3 Å². The first-order valence-electron chi connectivity index (χ1n) is 5.29. The molecule has 2 rings (SSSR count). The molecule has 2 N–H and O–H groups in total. The quantitative estimate of drug-likeness (QED) is 0.914. The zero-order valence-corrected chi connectivity index (χ0v) is 10.0. The van der Waals surface area contributed by atoms with E-state index in [1.165, 1.54) is 17.9 Å². The summed E-state index contributed by atoms with van der Waals surface area (Å²) < 4.78 is 32.6. The van der Waals surface area contributed by atoms with Crippen molar-refractivity contribution in [3.8, 4) is 17.0 Å². The smallest absolute Gasteiger partial charge is 0.268 e. The highest BCUT2D eigenvalue weighted by Crippen LogP contribution is 2.37. The lowest BCUT2D eigenvalue weighted by molar-refractivity contribution is 0.147. The van der Waals surface area contributed by atoms with E-state index in [4.69, 9.17) is 10.5 Å². The molecule has 0 unspecified atom stereocenters. The summed E-state index contributed by atoms with van der Waals surface area (Å²) in [5, 5.41) is 4.10. The highest BCUT2D eigenvalue weighted by atomic mass is 19.3. The van der Waals surface area contributed by atoms with Gasteiger partial charge in [0.15, 0.2) is 0 Å². The standard InChI is InChI=1S/C12H13F2N3O/c1-17-10(15)6-8(16-17)7-4-3-5-9(18-2)11(7)12(13)14/h3-6,12H,15H2,1-2H3. The van der Waals surface area contributed by atoms with Crippen LogP contribution in [0.4, 0.5) is 14.6 Å². The molecular weight excluding hydrogens is 240 g/mol. The maximum absolute atomic E-state index is 13.1. The highest BCUT2D eigenvalue weighted by Gasteiger charge is 2.21. The van der Waals surface area contributed by atoms with Crippen molar-refractivity contribution < 1.29 is 13.5 Å². The maximum atomic E-state index is 13.1. The fraction of sp³-hybridized carbons (Fsp3) is 0.250. The van der Waals surface area contributed by atoms with Gasteiger partial charge in [0.05, 0.1) is 18.4 Å².